The summed E-state index contributed by atoms with van der Waals surface area (Å²) in [5.41, 5.74) is 3.51. The first kappa shape index (κ1) is 12.1. The van der Waals surface area contributed by atoms with Gasteiger partial charge in [0.15, 0.2) is 5.65 Å². The summed E-state index contributed by atoms with van der Waals surface area (Å²) >= 11 is 0. The Balaban J connectivity index is 2.78. The van der Waals surface area contributed by atoms with Crippen molar-refractivity contribution in [3.05, 3.63) is 30.0 Å². The first-order valence-electron chi connectivity index (χ1n) is 6.03. The van der Waals surface area contributed by atoms with Crippen molar-refractivity contribution in [2.75, 3.05) is 0 Å². The molecule has 17 heavy (non-hydrogen) atoms. The van der Waals surface area contributed by atoms with Gasteiger partial charge in [-0.15, -0.1) is 0 Å². The van der Waals surface area contributed by atoms with E-state index >= 15 is 0 Å². The van der Waals surface area contributed by atoms with Gasteiger partial charge >= 0.3 is 0 Å². The molecular weight excluding hydrogens is 210 g/mol. The molecule has 0 fully saturated rings. The van der Waals surface area contributed by atoms with Crippen LogP contribution >= 0.6 is 0 Å². The summed E-state index contributed by atoms with van der Waals surface area (Å²) in [7, 11) is 0. The summed E-state index contributed by atoms with van der Waals surface area (Å²) in [5.74, 6) is 0. The zero-order chi connectivity index (χ0) is 12.8. The zero-order valence-electron chi connectivity index (χ0n) is 11.6. The van der Waals surface area contributed by atoms with Gasteiger partial charge in [0, 0.05) is 11.6 Å². The third-order valence-electron chi connectivity index (χ3n) is 2.91. The first-order chi connectivity index (χ1) is 7.69. The molecule has 0 saturated carbocycles. The Hall–Kier alpha value is -1.38. The standard InChI is InChI=1S/C14H21N3/c1-13(2,3)10-8-17-9-15-7-11(17)16-12(10)14(4,5)6/h7-9H,1-6H3. The molecule has 2 aromatic rings. The van der Waals surface area contributed by atoms with Crippen LogP contribution in [0, 0.1) is 0 Å². The summed E-state index contributed by atoms with van der Waals surface area (Å²) in [6.07, 6.45) is 5.78. The fraction of sp³-hybridized carbons (Fsp3) is 0.571. The molecule has 0 aliphatic heterocycles. The second-order valence-electron chi connectivity index (χ2n) is 6.66. The van der Waals surface area contributed by atoms with Crippen molar-refractivity contribution >= 4 is 5.65 Å². The Labute approximate surface area is 103 Å². The molecule has 0 spiro atoms. The van der Waals surface area contributed by atoms with Crippen LogP contribution in [0.2, 0.25) is 0 Å². The van der Waals surface area contributed by atoms with Crippen LogP contribution < -0.4 is 0 Å². The highest BCUT2D eigenvalue weighted by Gasteiger charge is 2.27. The maximum Gasteiger partial charge on any atom is 0.156 e. The molecule has 92 valence electrons. The number of imidazole rings is 1. The third-order valence-corrected chi connectivity index (χ3v) is 2.91. The number of hydrogen-bond acceptors (Lipinski definition) is 2. The van der Waals surface area contributed by atoms with Gasteiger partial charge in [-0.05, 0) is 11.0 Å². The van der Waals surface area contributed by atoms with Crippen LogP contribution in [0.3, 0.4) is 0 Å². The van der Waals surface area contributed by atoms with E-state index < -0.39 is 0 Å². The molecule has 2 aromatic heterocycles. The summed E-state index contributed by atoms with van der Waals surface area (Å²) in [6, 6.07) is 0. The van der Waals surface area contributed by atoms with Gasteiger partial charge in [0.1, 0.15) is 6.33 Å². The minimum Gasteiger partial charge on any atom is -0.290 e. The Morgan fingerprint density at radius 1 is 1.00 bits per heavy atom. The van der Waals surface area contributed by atoms with E-state index in [0.717, 1.165) is 11.3 Å². The molecule has 0 aliphatic carbocycles. The second kappa shape index (κ2) is 3.56. The number of aromatic nitrogens is 3. The Kier molecular flexibility index (Phi) is 2.53. The summed E-state index contributed by atoms with van der Waals surface area (Å²) < 4.78 is 2.00. The first-order valence-corrected chi connectivity index (χ1v) is 6.03. The molecule has 0 N–H and O–H groups in total. The lowest BCUT2D eigenvalue weighted by molar-refractivity contribution is 0.511. The van der Waals surface area contributed by atoms with E-state index in [1.807, 2.05) is 16.9 Å². The predicted molar refractivity (Wildman–Crippen MR) is 70.4 cm³/mol. The van der Waals surface area contributed by atoms with Crippen LogP contribution in [0.4, 0.5) is 0 Å². The highest BCUT2D eigenvalue weighted by Crippen LogP contribution is 2.32. The molecule has 0 saturated heterocycles. The minimum atomic E-state index is 0.0502. The van der Waals surface area contributed by atoms with E-state index in [1.54, 1.807) is 0 Å². The Bertz CT molecular complexity index is 491. The van der Waals surface area contributed by atoms with Crippen molar-refractivity contribution in [3.63, 3.8) is 0 Å². The van der Waals surface area contributed by atoms with Crippen LogP contribution in [0.5, 0.6) is 0 Å². The second-order valence-corrected chi connectivity index (χ2v) is 6.66. The van der Waals surface area contributed by atoms with Gasteiger partial charge in [-0.2, -0.15) is 0 Å². The van der Waals surface area contributed by atoms with Gasteiger partial charge in [-0.25, -0.2) is 9.97 Å². The lowest BCUT2D eigenvalue weighted by Crippen LogP contribution is -2.24. The molecule has 2 heterocycles. The molecule has 0 amide bonds. The molecule has 0 aromatic carbocycles. The SMILES string of the molecule is CC(C)(C)c1cn2cncc2nc1C(C)(C)C. The lowest BCUT2D eigenvalue weighted by atomic mass is 9.79. The Morgan fingerprint density at radius 2 is 1.65 bits per heavy atom. The average Bonchev–Trinajstić information content (AvgIpc) is 2.59. The van der Waals surface area contributed by atoms with Crippen LogP contribution in [0.25, 0.3) is 5.65 Å². The summed E-state index contributed by atoms with van der Waals surface area (Å²) in [4.78, 5) is 8.92. The molecule has 3 nitrogen and oxygen atoms in total. The number of rotatable bonds is 0. The molecule has 2 rings (SSSR count). The highest BCUT2D eigenvalue weighted by molar-refractivity contribution is 5.42. The van der Waals surface area contributed by atoms with Gasteiger partial charge < -0.3 is 0 Å². The molecule has 0 aliphatic rings. The zero-order valence-corrected chi connectivity index (χ0v) is 11.6. The number of nitrogens with zero attached hydrogens (tertiary/aromatic N) is 3. The van der Waals surface area contributed by atoms with Crippen LogP contribution in [-0.4, -0.2) is 14.4 Å². The van der Waals surface area contributed by atoms with E-state index in [9.17, 15) is 0 Å². The smallest absolute Gasteiger partial charge is 0.156 e. The lowest BCUT2D eigenvalue weighted by Gasteiger charge is -2.28. The van der Waals surface area contributed by atoms with Crippen molar-refractivity contribution in [2.24, 2.45) is 0 Å². The van der Waals surface area contributed by atoms with Crippen molar-refractivity contribution in [2.45, 2.75) is 52.4 Å². The Morgan fingerprint density at radius 3 is 2.18 bits per heavy atom. The molecule has 0 radical (unpaired) electrons. The van der Waals surface area contributed by atoms with Gasteiger partial charge in [-0.3, -0.25) is 4.40 Å². The van der Waals surface area contributed by atoms with Gasteiger partial charge in [0.2, 0.25) is 0 Å². The minimum absolute atomic E-state index is 0.0502. The average molecular weight is 231 g/mol. The van der Waals surface area contributed by atoms with Crippen molar-refractivity contribution < 1.29 is 0 Å². The van der Waals surface area contributed by atoms with Crippen LogP contribution in [0.1, 0.15) is 52.8 Å². The van der Waals surface area contributed by atoms with Gasteiger partial charge in [-0.1, -0.05) is 41.5 Å². The van der Waals surface area contributed by atoms with E-state index in [4.69, 9.17) is 4.98 Å². The van der Waals surface area contributed by atoms with Gasteiger partial charge in [0.05, 0.1) is 11.9 Å². The maximum atomic E-state index is 4.77. The molecule has 0 atom stereocenters. The van der Waals surface area contributed by atoms with E-state index in [2.05, 4.69) is 52.7 Å². The monoisotopic (exact) mass is 231 g/mol. The number of hydrogen-bond donors (Lipinski definition) is 0. The molecule has 3 heteroatoms. The number of fused-ring (bicyclic) bond motifs is 1. The predicted octanol–water partition coefficient (Wildman–Crippen LogP) is 3.32. The highest BCUT2D eigenvalue weighted by atomic mass is 15.0. The third kappa shape index (κ3) is 2.19. The fourth-order valence-electron chi connectivity index (χ4n) is 1.98. The molecule has 0 unspecified atom stereocenters. The van der Waals surface area contributed by atoms with E-state index in [1.165, 1.54) is 5.56 Å². The summed E-state index contributed by atoms with van der Waals surface area (Å²) in [6.45, 7) is 13.3. The maximum absolute atomic E-state index is 4.77. The van der Waals surface area contributed by atoms with Crippen molar-refractivity contribution in [1.82, 2.24) is 14.4 Å². The molecule has 0 bridgehead atoms. The van der Waals surface area contributed by atoms with Crippen molar-refractivity contribution in [1.29, 1.82) is 0 Å². The normalized spacial score (nSPS) is 13.3. The van der Waals surface area contributed by atoms with Crippen LogP contribution in [-0.2, 0) is 10.8 Å². The molecular formula is C14H21N3. The largest absolute Gasteiger partial charge is 0.290 e. The van der Waals surface area contributed by atoms with Gasteiger partial charge in [0.25, 0.3) is 0 Å². The van der Waals surface area contributed by atoms with E-state index in [-0.39, 0.29) is 10.8 Å². The quantitative estimate of drug-likeness (QED) is 0.696. The topological polar surface area (TPSA) is 30.2 Å². The summed E-state index contributed by atoms with van der Waals surface area (Å²) in [5, 5.41) is 0. The van der Waals surface area contributed by atoms with E-state index in [0.29, 0.717) is 0 Å². The fourth-order valence-corrected chi connectivity index (χ4v) is 1.98. The van der Waals surface area contributed by atoms with Crippen LogP contribution in [0.15, 0.2) is 18.7 Å². The van der Waals surface area contributed by atoms with Crippen molar-refractivity contribution in [3.8, 4) is 0 Å².